The van der Waals surface area contributed by atoms with Gasteiger partial charge in [-0.3, -0.25) is 33.2 Å². The number of carbonyl (C=O) groups excluding carboxylic acids is 3. The summed E-state index contributed by atoms with van der Waals surface area (Å²) in [7, 11) is 5.25. The van der Waals surface area contributed by atoms with Crippen molar-refractivity contribution in [2.45, 2.75) is 73.4 Å². The number of amides is 3. The van der Waals surface area contributed by atoms with E-state index in [-0.39, 0.29) is 48.7 Å². The maximum Gasteiger partial charge on any atom is 0.328 e. The standard InChI is InChI=1S/C57H77N13O8/c1-10-21-76-41-26-42(28-43(27-41)78-51-30-50-49(29-47(51)59)68(8)57(75)69(50)9)77-22-13-12-19-67(7)35-54(72)63-34-53(71)61-17-16-60-18-20-70(11-2)52-15-14-39(32-62-52)40-24-44(45(31-58)48(25-40)65-36(3)4)55(73)64-33-46-37(5)23-38(6)66-56(46)74/h14-15,23-32,36,58,60,65H,10-13,16-22,33-35,59H2,1-9H3,(H,61,71)(H,63,72)(H,64,73)(H,66,74). The Hall–Kier alpha value is -8.17. The van der Waals surface area contributed by atoms with Crippen LogP contribution in [0.5, 0.6) is 23.0 Å². The third-order valence-electron chi connectivity index (χ3n) is 12.9. The Balaban J connectivity index is 0.884. The number of nitrogens with zero attached hydrogens (tertiary/aromatic N) is 5. The minimum atomic E-state index is -0.406. The van der Waals surface area contributed by atoms with Crippen molar-refractivity contribution < 1.29 is 28.6 Å². The minimum absolute atomic E-state index is 0.0308. The van der Waals surface area contributed by atoms with Crippen LogP contribution in [-0.2, 0) is 30.2 Å². The van der Waals surface area contributed by atoms with Gasteiger partial charge in [0, 0.05) is 124 Å². The molecule has 3 aromatic heterocycles. The number of nitrogen functional groups attached to an aromatic ring is 1. The van der Waals surface area contributed by atoms with E-state index in [4.69, 9.17) is 30.3 Å². The summed E-state index contributed by atoms with van der Waals surface area (Å²) in [5.41, 5.74) is 12.6. The molecule has 3 aromatic carbocycles. The summed E-state index contributed by atoms with van der Waals surface area (Å²) in [5, 5.41) is 23.4. The SMILES string of the molecule is CCCOc1cc(OCCCCN(C)CC(=O)NCC(=O)NCCNCCN(CC)c2ccc(-c3cc(NC(C)C)c(C=N)c(C(=O)NCc4c(C)cc(C)[nH]c4=O)c3)cn2)cc(Oc2cc3c(cc2N)n(C)c(=O)n3C)c1. The Labute approximate surface area is 455 Å². The number of aromatic nitrogens is 4. The van der Waals surface area contributed by atoms with Crippen molar-refractivity contribution >= 4 is 52.2 Å². The highest BCUT2D eigenvalue weighted by Gasteiger charge is 2.20. The van der Waals surface area contributed by atoms with Crippen molar-refractivity contribution in [2.24, 2.45) is 14.1 Å². The van der Waals surface area contributed by atoms with Gasteiger partial charge in [0.15, 0.2) is 5.75 Å². The number of rotatable bonds is 30. The fourth-order valence-electron chi connectivity index (χ4n) is 8.81. The number of anilines is 3. The van der Waals surface area contributed by atoms with Crippen LogP contribution >= 0.6 is 0 Å². The van der Waals surface area contributed by atoms with Crippen molar-refractivity contribution in [1.82, 2.24) is 45.3 Å². The fourth-order valence-corrected chi connectivity index (χ4v) is 8.81. The van der Waals surface area contributed by atoms with Gasteiger partial charge in [0.25, 0.3) is 11.5 Å². The number of aryl methyl sites for hydroxylation is 4. The monoisotopic (exact) mass is 1070 g/mol. The number of ether oxygens (including phenoxy) is 3. The number of H-pyrrole nitrogens is 1. The molecular formula is C57H77N13O8. The molecule has 0 saturated heterocycles. The van der Waals surface area contributed by atoms with Gasteiger partial charge in [-0.2, -0.15) is 0 Å². The number of hydrogen-bond donors (Lipinski definition) is 8. The van der Waals surface area contributed by atoms with Crippen molar-refractivity contribution in [3.05, 3.63) is 116 Å². The van der Waals surface area contributed by atoms with Crippen molar-refractivity contribution in [3.8, 4) is 34.1 Å². The van der Waals surface area contributed by atoms with Gasteiger partial charge in [0.1, 0.15) is 23.1 Å². The lowest BCUT2D eigenvalue weighted by Crippen LogP contribution is -2.43. The Morgan fingerprint density at radius 1 is 0.833 bits per heavy atom. The third kappa shape index (κ3) is 16.2. The molecule has 78 heavy (non-hydrogen) atoms. The number of imidazole rings is 1. The molecule has 0 fully saturated rings. The van der Waals surface area contributed by atoms with Crippen LogP contribution in [-0.4, -0.2) is 127 Å². The van der Waals surface area contributed by atoms with Crippen molar-refractivity contribution in [2.75, 3.05) is 88.6 Å². The summed E-state index contributed by atoms with van der Waals surface area (Å²) < 4.78 is 21.3. The molecule has 0 saturated carbocycles. The maximum atomic E-state index is 13.7. The normalized spacial score (nSPS) is 11.2. The summed E-state index contributed by atoms with van der Waals surface area (Å²) in [6.07, 6.45) is 5.25. The number of fused-ring (bicyclic) bond motifs is 1. The number of benzene rings is 3. The lowest BCUT2D eigenvalue weighted by Gasteiger charge is -2.22. The first-order chi connectivity index (χ1) is 37.4. The summed E-state index contributed by atoms with van der Waals surface area (Å²) in [6.45, 7) is 16.2. The van der Waals surface area contributed by atoms with Gasteiger partial charge < -0.3 is 61.8 Å². The summed E-state index contributed by atoms with van der Waals surface area (Å²) in [6, 6.07) is 18.3. The quantitative estimate of drug-likeness (QED) is 0.0155. The second-order valence-electron chi connectivity index (χ2n) is 19.6. The predicted molar refractivity (Wildman–Crippen MR) is 308 cm³/mol. The van der Waals surface area contributed by atoms with E-state index in [9.17, 15) is 24.0 Å². The zero-order valence-corrected chi connectivity index (χ0v) is 46.5. The number of hydrogen-bond acceptors (Lipinski definition) is 15. The second-order valence-corrected chi connectivity index (χ2v) is 19.6. The highest BCUT2D eigenvalue weighted by Crippen LogP contribution is 2.36. The molecule has 0 aliphatic carbocycles. The molecule has 0 unspecified atom stereocenters. The second kappa shape index (κ2) is 28.3. The van der Waals surface area contributed by atoms with E-state index in [1.165, 1.54) is 10.8 Å². The number of nitrogens with one attached hydrogen (secondary N) is 7. The van der Waals surface area contributed by atoms with Gasteiger partial charge >= 0.3 is 5.69 Å². The molecule has 0 aliphatic rings. The predicted octanol–water partition coefficient (Wildman–Crippen LogP) is 5.59. The van der Waals surface area contributed by atoms with E-state index in [2.05, 4.69) is 36.5 Å². The smallest absolute Gasteiger partial charge is 0.328 e. The van der Waals surface area contributed by atoms with Gasteiger partial charge in [-0.15, -0.1) is 0 Å². The molecular weight excluding hydrogens is 995 g/mol. The largest absolute Gasteiger partial charge is 0.493 e. The molecule has 3 amide bonds. The van der Waals surface area contributed by atoms with E-state index in [1.807, 2.05) is 83.8 Å². The molecule has 0 bridgehead atoms. The maximum absolute atomic E-state index is 13.7. The first-order valence-corrected chi connectivity index (χ1v) is 26.5. The van der Waals surface area contributed by atoms with Gasteiger partial charge in [0.2, 0.25) is 11.8 Å². The Morgan fingerprint density at radius 3 is 2.22 bits per heavy atom. The van der Waals surface area contributed by atoms with Gasteiger partial charge in [-0.25, -0.2) is 9.78 Å². The van der Waals surface area contributed by atoms with E-state index in [0.717, 1.165) is 47.5 Å². The Morgan fingerprint density at radius 2 is 1.55 bits per heavy atom. The van der Waals surface area contributed by atoms with Crippen LogP contribution in [0.15, 0.2) is 76.4 Å². The highest BCUT2D eigenvalue weighted by atomic mass is 16.5. The molecule has 21 nitrogen and oxygen atoms in total. The average molecular weight is 1070 g/mol. The van der Waals surface area contributed by atoms with Gasteiger partial charge in [0.05, 0.1) is 48.6 Å². The van der Waals surface area contributed by atoms with E-state index in [0.29, 0.717) is 115 Å². The molecule has 6 aromatic rings. The Bertz CT molecular complexity index is 3170. The highest BCUT2D eigenvalue weighted by molar-refractivity contribution is 6.06. The molecule has 418 valence electrons. The fraction of sp³-hybridized carbons (Fsp3) is 0.421. The van der Waals surface area contributed by atoms with Crippen LogP contribution in [0, 0.1) is 19.3 Å². The van der Waals surface area contributed by atoms with Crippen molar-refractivity contribution in [3.63, 3.8) is 0 Å². The number of unbranched alkanes of at least 4 members (excludes halogenated alkanes) is 1. The van der Waals surface area contributed by atoms with Gasteiger partial charge in [-0.1, -0.05) is 6.92 Å². The third-order valence-corrected chi connectivity index (χ3v) is 12.9. The van der Waals surface area contributed by atoms with E-state index in [1.54, 1.807) is 55.2 Å². The molecule has 0 atom stereocenters. The van der Waals surface area contributed by atoms with E-state index < -0.39 is 5.91 Å². The van der Waals surface area contributed by atoms with Gasteiger partial charge in [-0.05, 0) is 115 Å². The zero-order valence-electron chi connectivity index (χ0n) is 46.5. The lowest BCUT2D eigenvalue weighted by molar-refractivity contribution is -0.126. The number of aromatic amines is 1. The van der Waals surface area contributed by atoms with Crippen LogP contribution in [0.1, 0.15) is 79.7 Å². The number of nitrogens with two attached hydrogens (primary N) is 1. The molecule has 21 heteroatoms. The zero-order chi connectivity index (χ0) is 56.5. The summed E-state index contributed by atoms with van der Waals surface area (Å²) in [4.78, 5) is 75.6. The van der Waals surface area contributed by atoms with Crippen LogP contribution < -0.4 is 62.7 Å². The molecule has 9 N–H and O–H groups in total. The molecule has 3 heterocycles. The summed E-state index contributed by atoms with van der Waals surface area (Å²) >= 11 is 0. The van der Waals surface area contributed by atoms with E-state index >= 15 is 0 Å². The first kappa shape index (κ1) is 59.1. The number of carbonyl (C=O) groups is 3. The molecule has 0 spiro atoms. The van der Waals surface area contributed by atoms with Crippen LogP contribution in [0.4, 0.5) is 17.2 Å². The first-order valence-electron chi connectivity index (χ1n) is 26.5. The van der Waals surface area contributed by atoms with Crippen LogP contribution in [0.2, 0.25) is 0 Å². The number of likely N-dealkylation sites (N-methyl/N-ethyl adjacent to an activating group) is 2. The molecule has 0 aliphatic heterocycles. The summed E-state index contributed by atoms with van der Waals surface area (Å²) in [5.74, 6) is 1.88. The van der Waals surface area contributed by atoms with Crippen LogP contribution in [0.25, 0.3) is 22.2 Å². The lowest BCUT2D eigenvalue weighted by atomic mass is 9.97. The minimum Gasteiger partial charge on any atom is -0.493 e. The molecule has 0 radical (unpaired) electrons. The van der Waals surface area contributed by atoms with Crippen molar-refractivity contribution in [1.29, 1.82) is 5.41 Å². The number of pyridine rings is 2. The molecule has 6 rings (SSSR count). The van der Waals surface area contributed by atoms with Crippen LogP contribution in [0.3, 0.4) is 0 Å². The topological polar surface area (TPSA) is 268 Å². The average Bonchev–Trinajstić information content (AvgIpc) is 3.66. The Kier molecular flexibility index (Phi) is 21.4.